The molecule has 2 aromatic heterocycles. The Hall–Kier alpha value is -6.55. The van der Waals surface area contributed by atoms with Gasteiger partial charge in [-0.1, -0.05) is 18.7 Å². The second kappa shape index (κ2) is 26.2. The molecule has 0 saturated carbocycles. The zero-order valence-electron chi connectivity index (χ0n) is 45.5. The molecule has 2 aromatic carbocycles. The van der Waals surface area contributed by atoms with Crippen LogP contribution in [-0.2, 0) is 41.7 Å². The van der Waals surface area contributed by atoms with Gasteiger partial charge in [-0.2, -0.15) is 5.10 Å². The Balaban J connectivity index is 0.691. The number of piperidine rings is 1. The average molecular weight is 1110 g/mol. The summed E-state index contributed by atoms with van der Waals surface area (Å²) in [4.78, 5) is 84.9. The highest BCUT2D eigenvalue weighted by atomic mass is 32.2. The SMILES string of the molecule is C=C(c1ccc(F)cc1)C1CSC([C@H]2CCCN2C(=O)[C@H](NC(=O)[C@@H](C)NC)C2CCN(C(=O)CCOCCOCCC(=O)CCCn3cc4c(n3)CN(C)C(=O)c3ccc(F)cc3[C@H]3CCCN3c3cc-4cnc3N)CC2)=N1. The van der Waals surface area contributed by atoms with Crippen LogP contribution in [0.1, 0.15) is 104 Å². The monoisotopic (exact) mass is 1110 g/mol. The van der Waals surface area contributed by atoms with Gasteiger partial charge in [0.05, 0.1) is 80.0 Å². The van der Waals surface area contributed by atoms with Crippen LogP contribution in [0.4, 0.5) is 20.3 Å². The number of hydrogen-bond donors (Lipinski definition) is 3. The van der Waals surface area contributed by atoms with E-state index in [2.05, 4.69) is 27.1 Å². The number of nitrogen functional groups attached to an aromatic ring is 1. The molecule has 9 rings (SSSR count). The van der Waals surface area contributed by atoms with Crippen LogP contribution in [0.5, 0.6) is 0 Å². The Kier molecular flexibility index (Phi) is 18.9. The zero-order chi connectivity index (χ0) is 55.7. The van der Waals surface area contributed by atoms with E-state index in [1.807, 2.05) is 17.2 Å². The van der Waals surface area contributed by atoms with Crippen molar-refractivity contribution in [2.45, 2.75) is 114 Å². The molecular weight excluding hydrogens is 1030 g/mol. The van der Waals surface area contributed by atoms with Crippen molar-refractivity contribution in [2.75, 3.05) is 83.1 Å². The molecule has 3 saturated heterocycles. The Labute approximate surface area is 464 Å². The normalized spacial score (nSPS) is 20.2. The molecule has 3 fully saturated rings. The van der Waals surface area contributed by atoms with E-state index in [0.717, 1.165) is 58.7 Å². The van der Waals surface area contributed by atoms with Crippen molar-refractivity contribution in [2.24, 2.45) is 10.9 Å². The van der Waals surface area contributed by atoms with Crippen molar-refractivity contribution >= 4 is 63.3 Å². The van der Waals surface area contributed by atoms with Crippen molar-refractivity contribution in [3.05, 3.63) is 102 Å². The first-order valence-electron chi connectivity index (χ1n) is 27.7. The predicted molar refractivity (Wildman–Crippen MR) is 300 cm³/mol. The van der Waals surface area contributed by atoms with E-state index in [1.54, 1.807) is 71.7 Å². The highest BCUT2D eigenvalue weighted by Crippen LogP contribution is 2.42. The van der Waals surface area contributed by atoms with Gasteiger partial charge in [0.15, 0.2) is 0 Å². The number of aliphatic imine (C=N–C) groups is 1. The van der Waals surface area contributed by atoms with Crippen LogP contribution in [0, 0.1) is 17.6 Å². The van der Waals surface area contributed by atoms with Crippen LogP contribution < -0.4 is 21.3 Å². The molecule has 422 valence electrons. The number of nitrogens with zero attached hydrogens (tertiary/aromatic N) is 8. The first kappa shape index (κ1) is 57.1. The summed E-state index contributed by atoms with van der Waals surface area (Å²) in [6.07, 6.45) is 9.20. The van der Waals surface area contributed by atoms with Crippen LogP contribution in [-0.4, -0.2) is 161 Å². The molecule has 0 spiro atoms. The number of nitrogens with two attached hydrogens (primary N) is 1. The molecule has 21 heteroatoms. The maximum Gasteiger partial charge on any atom is 0.254 e. The number of rotatable bonds is 21. The minimum atomic E-state index is -0.759. The molecular formula is C58H73F2N11O7S. The number of likely N-dealkylation sites (tertiary alicyclic amines) is 2. The number of thioether (sulfide) groups is 1. The minimum Gasteiger partial charge on any atom is -0.382 e. The van der Waals surface area contributed by atoms with Gasteiger partial charge >= 0.3 is 0 Å². The number of benzene rings is 2. The first-order valence-corrected chi connectivity index (χ1v) is 28.7. The van der Waals surface area contributed by atoms with Crippen molar-refractivity contribution in [3.63, 3.8) is 0 Å². The molecule has 4 aromatic rings. The van der Waals surface area contributed by atoms with E-state index in [0.29, 0.717) is 86.8 Å². The average Bonchev–Trinajstić information content (AvgIpc) is 4.51. The van der Waals surface area contributed by atoms with Gasteiger partial charge in [-0.3, -0.25) is 33.6 Å². The quantitative estimate of drug-likeness (QED) is 0.0768. The second-order valence-corrected chi connectivity index (χ2v) is 22.3. The number of fused-ring (bicyclic) bond motifs is 8. The van der Waals surface area contributed by atoms with Gasteiger partial charge in [0.2, 0.25) is 17.7 Å². The largest absolute Gasteiger partial charge is 0.382 e. The number of amides is 4. The summed E-state index contributed by atoms with van der Waals surface area (Å²) in [5.41, 5.74) is 12.2. The Bertz CT molecular complexity index is 2910. The summed E-state index contributed by atoms with van der Waals surface area (Å²) in [6, 6.07) is 10.7. The van der Waals surface area contributed by atoms with Crippen molar-refractivity contribution in [1.82, 2.24) is 40.1 Å². The fraction of sp³-hybridized carbons (Fsp3) is 0.517. The third-order valence-electron chi connectivity index (χ3n) is 16.0. The number of aryl methyl sites for hydroxylation is 1. The van der Waals surface area contributed by atoms with Crippen molar-refractivity contribution in [3.8, 4) is 11.1 Å². The van der Waals surface area contributed by atoms with Crippen LogP contribution in [0.2, 0.25) is 0 Å². The van der Waals surface area contributed by atoms with Gasteiger partial charge in [-0.25, -0.2) is 13.8 Å². The summed E-state index contributed by atoms with van der Waals surface area (Å²) in [6.45, 7) is 9.81. The number of Topliss-reactive ketones (excluding diaryl/α,β-unsaturated/α-hetero) is 1. The van der Waals surface area contributed by atoms with E-state index >= 15 is 0 Å². The molecule has 0 radical (unpaired) electrons. The number of hydrogen-bond acceptors (Lipinski definition) is 14. The van der Waals surface area contributed by atoms with Gasteiger partial charge in [0, 0.05) is 87.4 Å². The lowest BCUT2D eigenvalue weighted by Crippen LogP contribution is -2.58. The lowest BCUT2D eigenvalue weighted by Gasteiger charge is -2.38. The summed E-state index contributed by atoms with van der Waals surface area (Å²) in [7, 11) is 3.42. The molecule has 7 heterocycles. The first-order chi connectivity index (χ1) is 38.2. The van der Waals surface area contributed by atoms with E-state index in [1.165, 1.54) is 24.3 Å². The van der Waals surface area contributed by atoms with Crippen LogP contribution in [0.3, 0.4) is 0 Å². The number of carbonyl (C=O) groups is 5. The number of carbonyl (C=O) groups excluding carboxylic acids is 5. The maximum atomic E-state index is 14.7. The molecule has 0 aliphatic carbocycles. The molecule has 79 heavy (non-hydrogen) atoms. The topological polar surface area (TPSA) is 210 Å². The number of pyridine rings is 1. The fourth-order valence-electron chi connectivity index (χ4n) is 11.4. The molecule has 4 N–H and O–H groups in total. The molecule has 5 aliphatic heterocycles. The molecule has 18 nitrogen and oxygen atoms in total. The fourth-order valence-corrected chi connectivity index (χ4v) is 12.6. The highest BCUT2D eigenvalue weighted by Gasteiger charge is 2.43. The van der Waals surface area contributed by atoms with E-state index in [-0.39, 0.29) is 105 Å². The number of ketones is 1. The van der Waals surface area contributed by atoms with Crippen LogP contribution in [0.25, 0.3) is 16.7 Å². The highest BCUT2D eigenvalue weighted by molar-refractivity contribution is 8.14. The number of anilines is 2. The second-order valence-electron chi connectivity index (χ2n) is 21.2. The molecule has 2 bridgehead atoms. The Morgan fingerprint density at radius 3 is 2.37 bits per heavy atom. The van der Waals surface area contributed by atoms with Crippen LogP contribution >= 0.6 is 11.8 Å². The summed E-state index contributed by atoms with van der Waals surface area (Å²) >= 11 is 1.62. The Morgan fingerprint density at radius 2 is 1.61 bits per heavy atom. The van der Waals surface area contributed by atoms with Crippen molar-refractivity contribution in [1.29, 1.82) is 0 Å². The maximum absolute atomic E-state index is 14.7. The van der Waals surface area contributed by atoms with Gasteiger partial charge in [-0.15, -0.1) is 11.8 Å². The van der Waals surface area contributed by atoms with E-state index in [4.69, 9.17) is 25.3 Å². The Morgan fingerprint density at radius 1 is 0.886 bits per heavy atom. The molecule has 4 amide bonds. The minimum absolute atomic E-state index is 0.0460. The number of halogens is 2. The predicted octanol–water partition coefficient (Wildman–Crippen LogP) is 6.44. The summed E-state index contributed by atoms with van der Waals surface area (Å²) in [5, 5.41) is 11.8. The van der Waals surface area contributed by atoms with Gasteiger partial charge in [0.25, 0.3) is 5.91 Å². The molecule has 5 aliphatic rings. The zero-order valence-corrected chi connectivity index (χ0v) is 46.3. The van der Waals surface area contributed by atoms with Gasteiger partial charge in [0.1, 0.15) is 29.3 Å². The third kappa shape index (κ3) is 13.6. The summed E-state index contributed by atoms with van der Waals surface area (Å²) in [5.74, 6) is -0.472. The van der Waals surface area contributed by atoms with Gasteiger partial charge in [-0.05, 0) is 118 Å². The number of nitrogens with one attached hydrogen (secondary N) is 2. The standard InChI is InChI=1S/C58H73F2N11O7S/c1-36(38-11-13-41(59)14-12-38)48-35-79-56(64-48)50-10-7-23-71(50)58(76)53(65-55(74)37(2)62-3)39-17-24-68(25-18-39)52(73)20-27-78-29-28-77-26-19-43(72)8-5-21-69-33-46-40-30-51(54(61)63-32-40)70-22-6-9-49(70)45-31-42(60)15-16-44(45)57(75)67(4)34-47(46)66-69/h11-16,30-33,37,39,48-50,53,62H,1,5-10,17-29,34-35H2,2-4H3,(H2,61,63)(H,65,74)/t37-,48?,49-,50-,53-/m1/s1. The molecule has 5 atom stereocenters. The smallest absolute Gasteiger partial charge is 0.254 e. The van der Waals surface area contributed by atoms with Gasteiger partial charge < -0.3 is 45.4 Å². The van der Waals surface area contributed by atoms with E-state index < -0.39 is 17.9 Å². The summed E-state index contributed by atoms with van der Waals surface area (Å²) < 4.78 is 41.5. The number of ether oxygens (including phenoxy) is 2. The number of likely N-dealkylation sites (N-methyl/N-ethyl adjacent to an activating group) is 1. The van der Waals surface area contributed by atoms with Crippen molar-refractivity contribution < 1.29 is 42.2 Å². The van der Waals surface area contributed by atoms with E-state index in [9.17, 15) is 32.8 Å². The number of aromatic nitrogens is 3. The lowest BCUT2D eigenvalue weighted by molar-refractivity contribution is -0.140. The molecule has 1 unspecified atom stereocenters. The third-order valence-corrected chi connectivity index (χ3v) is 17.2. The van der Waals surface area contributed by atoms with Crippen LogP contribution in [0.15, 0.2) is 72.5 Å². The lowest BCUT2D eigenvalue weighted by atomic mass is 9.88.